The van der Waals surface area contributed by atoms with Gasteiger partial charge in [0.15, 0.2) is 11.6 Å². The predicted octanol–water partition coefficient (Wildman–Crippen LogP) is 1.39. The van der Waals surface area contributed by atoms with Crippen LogP contribution < -0.4 is 19.7 Å². The summed E-state index contributed by atoms with van der Waals surface area (Å²) in [6.07, 6.45) is 0.452. The fraction of sp³-hybridized carbons (Fsp3) is 0.455. The number of aliphatic hydroxyl groups is 1. The number of fused-ring (bicyclic) bond motifs is 1. The Kier molecular flexibility index (Phi) is 6.06. The van der Waals surface area contributed by atoms with E-state index in [1.807, 2.05) is 36.2 Å². The zero-order valence-corrected chi connectivity index (χ0v) is 17.3. The van der Waals surface area contributed by atoms with Crippen LogP contribution in [0.4, 0.5) is 5.82 Å². The molecule has 0 unspecified atom stereocenters. The lowest BCUT2D eigenvalue weighted by Gasteiger charge is -2.30. The van der Waals surface area contributed by atoms with Gasteiger partial charge in [-0.3, -0.25) is 4.79 Å². The van der Waals surface area contributed by atoms with Crippen molar-refractivity contribution in [3.8, 4) is 11.5 Å². The van der Waals surface area contributed by atoms with Gasteiger partial charge in [0.25, 0.3) is 5.91 Å². The third-order valence-electron chi connectivity index (χ3n) is 5.50. The number of rotatable bonds is 5. The summed E-state index contributed by atoms with van der Waals surface area (Å²) >= 11 is 0. The second kappa shape index (κ2) is 8.89. The molecule has 0 radical (unpaired) electrons. The summed E-state index contributed by atoms with van der Waals surface area (Å²) < 4.78 is 16.4. The van der Waals surface area contributed by atoms with E-state index in [1.165, 1.54) is 0 Å². The highest BCUT2D eigenvalue weighted by Gasteiger charge is 2.28. The number of aromatic nitrogens is 1. The number of nitrogens with zero attached hydrogens (tertiary/aromatic N) is 2. The summed E-state index contributed by atoms with van der Waals surface area (Å²) in [7, 11) is 3.58. The Bertz CT molecular complexity index is 902. The second-order valence-electron chi connectivity index (χ2n) is 7.63. The highest BCUT2D eigenvalue weighted by Crippen LogP contribution is 2.34. The van der Waals surface area contributed by atoms with Gasteiger partial charge in [-0.1, -0.05) is 12.1 Å². The third-order valence-corrected chi connectivity index (χ3v) is 5.50. The maximum atomic E-state index is 12.9. The first-order valence-electron chi connectivity index (χ1n) is 10.1. The Morgan fingerprint density at radius 1 is 1.33 bits per heavy atom. The van der Waals surface area contributed by atoms with Crippen LogP contribution in [0.2, 0.25) is 0 Å². The van der Waals surface area contributed by atoms with E-state index in [9.17, 15) is 9.90 Å². The normalized spacial score (nSPS) is 20.8. The molecule has 1 amide bonds. The van der Waals surface area contributed by atoms with E-state index in [0.29, 0.717) is 49.9 Å². The topological polar surface area (TPSA) is 93.2 Å². The molecule has 4 rings (SSSR count). The van der Waals surface area contributed by atoms with Gasteiger partial charge in [-0.25, -0.2) is 4.98 Å². The Labute approximate surface area is 175 Å². The van der Waals surface area contributed by atoms with E-state index in [-0.39, 0.29) is 18.6 Å². The van der Waals surface area contributed by atoms with Crippen LogP contribution in [0.5, 0.6) is 11.5 Å². The molecule has 0 saturated carbocycles. The van der Waals surface area contributed by atoms with Crippen molar-refractivity contribution in [3.05, 3.63) is 47.2 Å². The van der Waals surface area contributed by atoms with E-state index >= 15 is 0 Å². The molecule has 160 valence electrons. The molecule has 0 bridgehead atoms. The maximum Gasteiger partial charge on any atom is 0.270 e. The molecule has 2 N–H and O–H groups in total. The Hall–Kier alpha value is -2.84. The number of nitrogens with one attached hydrogen (secondary N) is 1. The number of ether oxygens (including phenoxy) is 3. The van der Waals surface area contributed by atoms with Crippen LogP contribution >= 0.6 is 0 Å². The molecule has 8 heteroatoms. The highest BCUT2D eigenvalue weighted by atomic mass is 16.5. The zero-order chi connectivity index (χ0) is 21.1. The molecule has 0 spiro atoms. The molecule has 1 saturated heterocycles. The van der Waals surface area contributed by atoms with Crippen molar-refractivity contribution in [1.29, 1.82) is 0 Å². The quantitative estimate of drug-likeness (QED) is 0.765. The molecule has 8 nitrogen and oxygen atoms in total. The number of benzene rings is 1. The van der Waals surface area contributed by atoms with Crippen molar-refractivity contribution < 1.29 is 24.1 Å². The number of methoxy groups -OCH3 is 1. The summed E-state index contributed by atoms with van der Waals surface area (Å²) in [6, 6.07) is 9.25. The third kappa shape index (κ3) is 4.34. The van der Waals surface area contributed by atoms with Gasteiger partial charge in [0.1, 0.15) is 18.1 Å². The summed E-state index contributed by atoms with van der Waals surface area (Å²) in [6.45, 7) is 2.01. The molecule has 3 heterocycles. The number of likely N-dealkylation sites (N-methyl/N-ethyl adjacent to an activating group) is 1. The van der Waals surface area contributed by atoms with Gasteiger partial charge in [0, 0.05) is 25.6 Å². The van der Waals surface area contributed by atoms with E-state index in [4.69, 9.17) is 14.2 Å². The molecular formula is C22H27N3O5. The van der Waals surface area contributed by atoms with Gasteiger partial charge < -0.3 is 29.5 Å². The first kappa shape index (κ1) is 20.4. The van der Waals surface area contributed by atoms with Gasteiger partial charge in [-0.15, -0.1) is 0 Å². The smallest absolute Gasteiger partial charge is 0.270 e. The molecule has 1 aromatic heterocycles. The molecule has 30 heavy (non-hydrogen) atoms. The lowest BCUT2D eigenvalue weighted by molar-refractivity contribution is -0.0261. The highest BCUT2D eigenvalue weighted by molar-refractivity contribution is 5.93. The van der Waals surface area contributed by atoms with Crippen LogP contribution in [0.1, 0.15) is 28.0 Å². The number of pyridine rings is 1. The van der Waals surface area contributed by atoms with Crippen molar-refractivity contribution in [2.45, 2.75) is 25.0 Å². The molecule has 1 fully saturated rings. The van der Waals surface area contributed by atoms with Crippen LogP contribution in [0.15, 0.2) is 30.3 Å². The maximum absolute atomic E-state index is 12.9. The number of hydrogen-bond donors (Lipinski definition) is 2. The standard InChI is InChI=1S/C22H27N3O5/c1-25-8-10-30-20-15(11-14-3-5-16(28-2)6-4-14)12-18(23-21(20)25)22(27)24-17-7-9-29-13-19(17)26/h3-6,12,17,19,26H,7-11,13H2,1-2H3,(H,24,27)/t17-,19-/m0/s1. The Morgan fingerprint density at radius 3 is 2.87 bits per heavy atom. The average molecular weight is 413 g/mol. The summed E-state index contributed by atoms with van der Waals surface area (Å²) in [5.74, 6) is 1.85. The van der Waals surface area contributed by atoms with Crippen molar-refractivity contribution >= 4 is 11.7 Å². The van der Waals surface area contributed by atoms with E-state index in [1.54, 1.807) is 13.2 Å². The van der Waals surface area contributed by atoms with Crippen molar-refractivity contribution in [3.63, 3.8) is 0 Å². The van der Waals surface area contributed by atoms with Crippen molar-refractivity contribution in [2.24, 2.45) is 0 Å². The largest absolute Gasteiger partial charge is 0.497 e. The number of hydrogen-bond acceptors (Lipinski definition) is 7. The molecule has 2 aliphatic heterocycles. The van der Waals surface area contributed by atoms with Gasteiger partial charge in [0.05, 0.1) is 32.4 Å². The molecule has 0 aliphatic carbocycles. The van der Waals surface area contributed by atoms with Crippen LogP contribution in [-0.4, -0.2) is 68.7 Å². The van der Waals surface area contributed by atoms with Crippen LogP contribution in [0, 0.1) is 0 Å². The second-order valence-corrected chi connectivity index (χ2v) is 7.63. The Balaban J connectivity index is 1.63. The van der Waals surface area contributed by atoms with Gasteiger partial charge in [0.2, 0.25) is 0 Å². The fourth-order valence-electron chi connectivity index (χ4n) is 3.72. The monoisotopic (exact) mass is 413 g/mol. The van der Waals surface area contributed by atoms with Gasteiger partial charge in [-0.05, 0) is 30.2 Å². The number of anilines is 1. The number of carbonyl (C=O) groups is 1. The molecule has 2 aromatic rings. The van der Waals surface area contributed by atoms with Crippen LogP contribution in [0.25, 0.3) is 0 Å². The van der Waals surface area contributed by atoms with Crippen LogP contribution in [-0.2, 0) is 11.2 Å². The minimum absolute atomic E-state index is 0.224. The van der Waals surface area contributed by atoms with Gasteiger partial charge >= 0.3 is 0 Å². The van der Waals surface area contributed by atoms with E-state index in [2.05, 4.69) is 10.3 Å². The first-order valence-corrected chi connectivity index (χ1v) is 10.1. The SMILES string of the molecule is COc1ccc(Cc2cc(C(=O)N[C@H]3CCOC[C@@H]3O)nc3c2OCCN3C)cc1. The zero-order valence-electron chi connectivity index (χ0n) is 17.3. The van der Waals surface area contributed by atoms with Gasteiger partial charge in [-0.2, -0.15) is 0 Å². The molecular weight excluding hydrogens is 386 g/mol. The molecule has 1 aromatic carbocycles. The number of carbonyl (C=O) groups excluding carboxylic acids is 1. The average Bonchev–Trinajstić information content (AvgIpc) is 2.76. The van der Waals surface area contributed by atoms with Crippen molar-refractivity contribution in [2.75, 3.05) is 45.4 Å². The number of amides is 1. The fourth-order valence-corrected chi connectivity index (χ4v) is 3.72. The minimum atomic E-state index is -0.717. The summed E-state index contributed by atoms with van der Waals surface area (Å²) in [5, 5.41) is 13.0. The first-order chi connectivity index (χ1) is 14.5. The number of aliphatic hydroxyl groups excluding tert-OH is 1. The Morgan fingerprint density at radius 2 is 2.13 bits per heavy atom. The van der Waals surface area contributed by atoms with E-state index < -0.39 is 6.10 Å². The summed E-state index contributed by atoms with van der Waals surface area (Å²) in [4.78, 5) is 19.5. The predicted molar refractivity (Wildman–Crippen MR) is 111 cm³/mol. The van der Waals surface area contributed by atoms with Crippen molar-refractivity contribution in [1.82, 2.24) is 10.3 Å². The molecule has 2 atom stereocenters. The minimum Gasteiger partial charge on any atom is -0.497 e. The lowest BCUT2D eigenvalue weighted by atomic mass is 10.0. The molecule has 2 aliphatic rings. The van der Waals surface area contributed by atoms with E-state index in [0.717, 1.165) is 16.9 Å². The lowest BCUT2D eigenvalue weighted by Crippen LogP contribution is -2.49. The summed E-state index contributed by atoms with van der Waals surface area (Å²) in [5.41, 5.74) is 2.29. The van der Waals surface area contributed by atoms with Crippen LogP contribution in [0.3, 0.4) is 0 Å².